The van der Waals surface area contributed by atoms with Crippen molar-refractivity contribution in [2.24, 2.45) is 5.92 Å². The monoisotopic (exact) mass is 381 g/mol. The molecule has 9 heteroatoms. The van der Waals surface area contributed by atoms with Crippen LogP contribution in [-0.2, 0) is 26.1 Å². The van der Waals surface area contributed by atoms with Crippen molar-refractivity contribution in [3.8, 4) is 0 Å². The minimum Gasteiger partial charge on any atom is -0.376 e. The van der Waals surface area contributed by atoms with E-state index in [0.29, 0.717) is 6.42 Å². The summed E-state index contributed by atoms with van der Waals surface area (Å²) >= 11 is 0. The molecule has 0 saturated carbocycles. The zero-order chi connectivity index (χ0) is 18.7. The van der Waals surface area contributed by atoms with E-state index in [1.807, 2.05) is 37.3 Å². The number of benzene rings is 1. The Kier molecular flexibility index (Phi) is 6.47. The summed E-state index contributed by atoms with van der Waals surface area (Å²) in [5.41, 5.74) is -4.52. The highest BCUT2D eigenvalue weighted by Gasteiger charge is 2.49. The van der Waals surface area contributed by atoms with Crippen molar-refractivity contribution < 1.29 is 31.1 Å². The predicted octanol–water partition coefficient (Wildman–Crippen LogP) is 2.82. The van der Waals surface area contributed by atoms with Crippen LogP contribution in [0.3, 0.4) is 0 Å². The van der Waals surface area contributed by atoms with Gasteiger partial charge in [0.05, 0.1) is 31.5 Å². The molecule has 1 aliphatic rings. The van der Waals surface area contributed by atoms with E-state index in [2.05, 4.69) is 0 Å². The number of hydrogen-bond acceptors (Lipinski definition) is 4. The molecule has 142 valence electrons. The molecule has 0 aromatic heterocycles. The van der Waals surface area contributed by atoms with E-state index >= 15 is 0 Å². The third kappa shape index (κ3) is 4.93. The Morgan fingerprint density at radius 1 is 1.28 bits per heavy atom. The summed E-state index contributed by atoms with van der Waals surface area (Å²) in [7, 11) is -5.47. The fourth-order valence-corrected chi connectivity index (χ4v) is 3.68. The summed E-state index contributed by atoms with van der Waals surface area (Å²) in [5, 5.41) is 0. The van der Waals surface area contributed by atoms with Crippen LogP contribution in [0.2, 0.25) is 0 Å². The van der Waals surface area contributed by atoms with Gasteiger partial charge in [-0.25, -0.2) is 8.42 Å². The Labute approximate surface area is 145 Å². The molecule has 0 spiro atoms. The van der Waals surface area contributed by atoms with E-state index in [9.17, 15) is 21.6 Å². The number of hydrogen-bond donors (Lipinski definition) is 1. The van der Waals surface area contributed by atoms with Gasteiger partial charge in [0.2, 0.25) is 0 Å². The minimum atomic E-state index is -5.47. The molecule has 4 atom stereocenters. The number of halogens is 3. The smallest absolute Gasteiger partial charge is 0.376 e. The molecule has 2 rings (SSSR count). The largest absolute Gasteiger partial charge is 0.511 e. The van der Waals surface area contributed by atoms with Crippen molar-refractivity contribution in [1.82, 2.24) is 4.72 Å². The van der Waals surface area contributed by atoms with Crippen LogP contribution in [0.5, 0.6) is 0 Å². The summed E-state index contributed by atoms with van der Waals surface area (Å²) in [6.07, 6.45) is -0.270. The fourth-order valence-electron chi connectivity index (χ4n) is 2.94. The van der Waals surface area contributed by atoms with Gasteiger partial charge in [-0.05, 0) is 12.0 Å². The van der Waals surface area contributed by atoms with Gasteiger partial charge in [-0.2, -0.15) is 17.9 Å². The van der Waals surface area contributed by atoms with Crippen LogP contribution in [0.15, 0.2) is 30.3 Å². The summed E-state index contributed by atoms with van der Waals surface area (Å²) < 4.78 is 73.9. The Hall–Kier alpha value is -1.16. The van der Waals surface area contributed by atoms with Crippen molar-refractivity contribution in [3.05, 3.63) is 35.9 Å². The summed E-state index contributed by atoms with van der Waals surface area (Å²) in [5.74, 6) is -0.261. The molecule has 0 unspecified atom stereocenters. The van der Waals surface area contributed by atoms with E-state index in [0.717, 1.165) is 5.56 Å². The Morgan fingerprint density at radius 3 is 2.48 bits per heavy atom. The van der Waals surface area contributed by atoms with Gasteiger partial charge in [0.15, 0.2) is 0 Å². The lowest BCUT2D eigenvalue weighted by molar-refractivity contribution is -0.132. The van der Waals surface area contributed by atoms with Crippen LogP contribution in [0.25, 0.3) is 0 Å². The van der Waals surface area contributed by atoms with Crippen LogP contribution in [0, 0.1) is 5.92 Å². The van der Waals surface area contributed by atoms with Gasteiger partial charge in [-0.3, -0.25) is 0 Å². The maximum absolute atomic E-state index is 12.7. The zero-order valence-electron chi connectivity index (χ0n) is 14.0. The second kappa shape index (κ2) is 8.03. The summed E-state index contributed by atoms with van der Waals surface area (Å²) in [4.78, 5) is 0. The van der Waals surface area contributed by atoms with Gasteiger partial charge in [0.25, 0.3) is 0 Å². The van der Waals surface area contributed by atoms with Crippen LogP contribution in [0.1, 0.15) is 25.8 Å². The second-order valence-corrected chi connectivity index (χ2v) is 7.78. The molecule has 1 aromatic rings. The summed E-state index contributed by atoms with van der Waals surface area (Å²) in [6, 6.07) is 8.05. The van der Waals surface area contributed by atoms with Crippen molar-refractivity contribution >= 4 is 10.0 Å². The molecule has 1 heterocycles. The van der Waals surface area contributed by atoms with Gasteiger partial charge in [0.1, 0.15) is 0 Å². The highest BCUT2D eigenvalue weighted by Crippen LogP contribution is 2.29. The molecule has 5 nitrogen and oxygen atoms in total. The third-order valence-electron chi connectivity index (χ3n) is 4.29. The maximum atomic E-state index is 12.7. The van der Waals surface area contributed by atoms with Gasteiger partial charge in [-0.1, -0.05) is 44.2 Å². The third-order valence-corrected chi connectivity index (χ3v) is 5.51. The average Bonchev–Trinajstić information content (AvgIpc) is 2.54. The molecule has 1 aromatic carbocycles. The Bertz CT molecular complexity index is 651. The Morgan fingerprint density at radius 2 is 1.92 bits per heavy atom. The lowest BCUT2D eigenvalue weighted by Gasteiger charge is -2.41. The van der Waals surface area contributed by atoms with Crippen molar-refractivity contribution in [3.63, 3.8) is 0 Å². The topological polar surface area (TPSA) is 64.6 Å². The molecular formula is C16H22F3NO4S. The van der Waals surface area contributed by atoms with Gasteiger partial charge >= 0.3 is 15.5 Å². The maximum Gasteiger partial charge on any atom is 0.511 e. The molecule has 0 aliphatic carbocycles. The van der Waals surface area contributed by atoms with E-state index < -0.39 is 27.7 Å². The molecule has 0 amide bonds. The lowest BCUT2D eigenvalue weighted by Crippen LogP contribution is -2.58. The molecule has 1 N–H and O–H groups in total. The molecule has 25 heavy (non-hydrogen) atoms. The molecule has 1 aliphatic heterocycles. The van der Waals surface area contributed by atoms with E-state index in [4.69, 9.17) is 9.47 Å². The highest BCUT2D eigenvalue weighted by molar-refractivity contribution is 7.90. The Balaban J connectivity index is 2.15. The van der Waals surface area contributed by atoms with E-state index in [1.54, 1.807) is 11.6 Å². The standard InChI is InChI=1S/C16H22F3NO4S/c1-3-14-11(2)15(24-9-12-7-5-4-6-8-12)13(10-23-14)20-25(21,22)16(17,18)19/h4-8,11,13-15,20H,3,9-10H2,1-2H3/t11-,13+,14+,15-/m0/s1. The van der Waals surface area contributed by atoms with Crippen LogP contribution >= 0.6 is 0 Å². The quantitative estimate of drug-likeness (QED) is 0.823. The molecule has 0 radical (unpaired) electrons. The first-order valence-electron chi connectivity index (χ1n) is 8.01. The normalized spacial score (nSPS) is 28.0. The van der Waals surface area contributed by atoms with Crippen molar-refractivity contribution in [2.75, 3.05) is 6.61 Å². The van der Waals surface area contributed by atoms with Crippen LogP contribution in [0.4, 0.5) is 13.2 Å². The summed E-state index contributed by atoms with van der Waals surface area (Å²) in [6.45, 7) is 3.70. The molecule has 0 bridgehead atoms. The average molecular weight is 381 g/mol. The zero-order valence-corrected chi connectivity index (χ0v) is 14.8. The predicted molar refractivity (Wildman–Crippen MR) is 86.1 cm³/mol. The number of alkyl halides is 3. The first-order chi connectivity index (χ1) is 11.7. The van der Waals surface area contributed by atoms with E-state index in [-0.39, 0.29) is 25.2 Å². The number of nitrogens with one attached hydrogen (secondary N) is 1. The first-order valence-corrected chi connectivity index (χ1v) is 9.49. The van der Waals surface area contributed by atoms with Crippen LogP contribution < -0.4 is 4.72 Å². The van der Waals surface area contributed by atoms with E-state index in [1.165, 1.54) is 0 Å². The highest BCUT2D eigenvalue weighted by atomic mass is 32.2. The first kappa shape index (κ1) is 20.2. The molecule has 1 fully saturated rings. The minimum absolute atomic E-state index is 0.169. The number of sulfonamides is 1. The fraction of sp³-hybridized carbons (Fsp3) is 0.625. The van der Waals surface area contributed by atoms with Gasteiger partial charge < -0.3 is 9.47 Å². The van der Waals surface area contributed by atoms with Gasteiger partial charge in [-0.15, -0.1) is 0 Å². The lowest BCUT2D eigenvalue weighted by atomic mass is 9.89. The van der Waals surface area contributed by atoms with Crippen LogP contribution in [-0.4, -0.2) is 38.8 Å². The van der Waals surface area contributed by atoms with Crippen molar-refractivity contribution in [2.45, 2.75) is 50.6 Å². The second-order valence-electron chi connectivity index (χ2n) is 6.07. The van der Waals surface area contributed by atoms with Gasteiger partial charge in [0, 0.05) is 5.92 Å². The number of ether oxygens (including phenoxy) is 2. The molecular weight excluding hydrogens is 359 g/mol. The molecule has 1 saturated heterocycles. The van der Waals surface area contributed by atoms with Crippen molar-refractivity contribution in [1.29, 1.82) is 0 Å². The number of rotatable bonds is 6. The SMILES string of the molecule is CC[C@H]1OC[C@@H](NS(=O)(=O)C(F)(F)F)[C@@H](OCc2ccccc2)[C@H]1C.